The van der Waals surface area contributed by atoms with Gasteiger partial charge in [-0.15, -0.1) is 0 Å². The van der Waals surface area contributed by atoms with Gasteiger partial charge in [-0.1, -0.05) is 11.6 Å². The van der Waals surface area contributed by atoms with Crippen molar-refractivity contribution in [3.63, 3.8) is 0 Å². The minimum absolute atomic E-state index is 0.00731. The van der Waals surface area contributed by atoms with Gasteiger partial charge in [0.1, 0.15) is 0 Å². The van der Waals surface area contributed by atoms with Crippen molar-refractivity contribution in [1.29, 1.82) is 0 Å². The van der Waals surface area contributed by atoms with Gasteiger partial charge in [0.05, 0.1) is 28.8 Å². The number of amides is 3. The van der Waals surface area contributed by atoms with Crippen molar-refractivity contribution in [2.24, 2.45) is 5.73 Å². The van der Waals surface area contributed by atoms with Crippen molar-refractivity contribution in [2.45, 2.75) is 11.8 Å². The average Bonchev–Trinajstić information content (AvgIpc) is 2.67. The molecular weight excluding hydrogens is 412 g/mol. The van der Waals surface area contributed by atoms with Crippen LogP contribution in [0.15, 0.2) is 23.1 Å². The van der Waals surface area contributed by atoms with E-state index in [4.69, 9.17) is 22.1 Å². The standard InChI is InChI=1S/C16H21ClN4O6S/c1-11(22)21(5-4-18)16(24)15(23)19-14-10-12(2-3-13(14)17)28(25,26)20-6-8-27-9-7-20/h2-3,10H,4-9,18H2,1H3,(H,19,23). The monoisotopic (exact) mass is 432 g/mol. The molecular formula is C16H21ClN4O6S. The van der Waals surface area contributed by atoms with Crippen molar-refractivity contribution in [1.82, 2.24) is 9.21 Å². The SMILES string of the molecule is CC(=O)N(CCN)C(=O)C(=O)Nc1cc(S(=O)(=O)N2CCOCC2)ccc1Cl. The highest BCUT2D eigenvalue weighted by molar-refractivity contribution is 7.89. The van der Waals surface area contributed by atoms with E-state index < -0.39 is 27.7 Å². The van der Waals surface area contributed by atoms with Crippen molar-refractivity contribution < 1.29 is 27.5 Å². The molecule has 1 aromatic rings. The van der Waals surface area contributed by atoms with Crippen molar-refractivity contribution in [3.05, 3.63) is 23.2 Å². The highest BCUT2D eigenvalue weighted by Gasteiger charge is 2.28. The lowest BCUT2D eigenvalue weighted by atomic mass is 10.3. The molecule has 0 aromatic heterocycles. The molecule has 0 aliphatic carbocycles. The summed E-state index contributed by atoms with van der Waals surface area (Å²) in [6.07, 6.45) is 0. The van der Waals surface area contributed by atoms with Crippen LogP contribution in [0.1, 0.15) is 6.92 Å². The van der Waals surface area contributed by atoms with Crippen molar-refractivity contribution in [2.75, 3.05) is 44.7 Å². The largest absolute Gasteiger partial charge is 0.379 e. The van der Waals surface area contributed by atoms with Gasteiger partial charge in [-0.25, -0.2) is 8.42 Å². The highest BCUT2D eigenvalue weighted by atomic mass is 35.5. The molecule has 1 aliphatic heterocycles. The van der Waals surface area contributed by atoms with Crippen LogP contribution >= 0.6 is 11.6 Å². The van der Waals surface area contributed by atoms with Crippen LogP contribution in [-0.2, 0) is 29.1 Å². The van der Waals surface area contributed by atoms with Gasteiger partial charge >= 0.3 is 11.8 Å². The van der Waals surface area contributed by atoms with Gasteiger partial charge in [0.15, 0.2) is 0 Å². The Morgan fingerprint density at radius 3 is 2.50 bits per heavy atom. The average molecular weight is 433 g/mol. The number of morpholine rings is 1. The van der Waals surface area contributed by atoms with E-state index in [0.29, 0.717) is 4.90 Å². The minimum atomic E-state index is -3.82. The van der Waals surface area contributed by atoms with Gasteiger partial charge in [0.2, 0.25) is 15.9 Å². The summed E-state index contributed by atoms with van der Waals surface area (Å²) in [6, 6.07) is 3.78. The van der Waals surface area contributed by atoms with Crippen molar-refractivity contribution in [3.8, 4) is 0 Å². The lowest BCUT2D eigenvalue weighted by Gasteiger charge is -2.26. The number of nitrogens with two attached hydrogens (primary N) is 1. The zero-order valence-corrected chi connectivity index (χ0v) is 16.8. The number of nitrogens with zero attached hydrogens (tertiary/aromatic N) is 2. The van der Waals surface area contributed by atoms with E-state index in [0.717, 1.165) is 6.92 Å². The summed E-state index contributed by atoms with van der Waals surface area (Å²) in [6.45, 7) is 1.98. The Morgan fingerprint density at radius 2 is 1.93 bits per heavy atom. The molecule has 1 aliphatic rings. The maximum absolute atomic E-state index is 12.7. The molecule has 1 aromatic carbocycles. The summed E-state index contributed by atoms with van der Waals surface area (Å²) in [4.78, 5) is 36.5. The zero-order valence-electron chi connectivity index (χ0n) is 15.2. The molecule has 154 valence electrons. The zero-order chi connectivity index (χ0) is 20.9. The van der Waals surface area contributed by atoms with E-state index in [1.807, 2.05) is 0 Å². The Hall–Kier alpha value is -2.05. The van der Waals surface area contributed by atoms with Crippen LogP contribution in [0.5, 0.6) is 0 Å². The quantitative estimate of drug-likeness (QED) is 0.605. The lowest BCUT2D eigenvalue weighted by molar-refractivity contribution is -0.149. The molecule has 1 saturated heterocycles. The summed E-state index contributed by atoms with van der Waals surface area (Å²) in [5.41, 5.74) is 5.28. The molecule has 12 heteroatoms. The van der Waals surface area contributed by atoms with Gasteiger partial charge in [-0.2, -0.15) is 4.31 Å². The summed E-state index contributed by atoms with van der Waals surface area (Å²) in [5.74, 6) is -2.89. The number of hydrogen-bond donors (Lipinski definition) is 2. The number of nitrogens with one attached hydrogen (secondary N) is 1. The van der Waals surface area contributed by atoms with E-state index in [1.165, 1.54) is 22.5 Å². The smallest absolute Gasteiger partial charge is 0.318 e. The first-order valence-corrected chi connectivity index (χ1v) is 10.2. The second kappa shape index (κ2) is 9.43. The van der Waals surface area contributed by atoms with Gasteiger partial charge in [-0.05, 0) is 18.2 Å². The summed E-state index contributed by atoms with van der Waals surface area (Å²) < 4.78 is 31.9. The summed E-state index contributed by atoms with van der Waals surface area (Å²) >= 11 is 6.03. The summed E-state index contributed by atoms with van der Waals surface area (Å²) in [7, 11) is -3.82. The number of anilines is 1. The first-order valence-electron chi connectivity index (χ1n) is 8.39. The molecule has 28 heavy (non-hydrogen) atoms. The Morgan fingerprint density at radius 1 is 1.29 bits per heavy atom. The molecule has 3 N–H and O–H groups in total. The molecule has 0 unspecified atom stereocenters. The molecule has 0 atom stereocenters. The van der Waals surface area contributed by atoms with Crippen LogP contribution in [0.2, 0.25) is 5.02 Å². The minimum Gasteiger partial charge on any atom is -0.379 e. The molecule has 0 radical (unpaired) electrons. The predicted molar refractivity (Wildman–Crippen MR) is 101 cm³/mol. The highest BCUT2D eigenvalue weighted by Crippen LogP contribution is 2.27. The van der Waals surface area contributed by atoms with Gasteiger partial charge < -0.3 is 15.8 Å². The topological polar surface area (TPSA) is 139 Å². The third kappa shape index (κ3) is 5.06. The van der Waals surface area contributed by atoms with Gasteiger partial charge in [-0.3, -0.25) is 19.3 Å². The number of carbonyl (C=O) groups excluding carboxylic acids is 3. The normalized spacial score (nSPS) is 15.1. The second-order valence-electron chi connectivity index (χ2n) is 5.88. The molecule has 0 bridgehead atoms. The number of hydrogen-bond acceptors (Lipinski definition) is 7. The van der Waals surface area contributed by atoms with Crippen LogP contribution in [-0.4, -0.2) is 74.7 Å². The fourth-order valence-electron chi connectivity index (χ4n) is 2.53. The molecule has 10 nitrogen and oxygen atoms in total. The van der Waals surface area contributed by atoms with Gasteiger partial charge in [0, 0.05) is 33.1 Å². The number of ether oxygens (including phenoxy) is 1. The molecule has 1 heterocycles. The summed E-state index contributed by atoms with van der Waals surface area (Å²) in [5, 5.41) is 2.29. The van der Waals surface area contributed by atoms with Crippen LogP contribution in [0.3, 0.4) is 0 Å². The van der Waals surface area contributed by atoms with E-state index >= 15 is 0 Å². The molecule has 1 fully saturated rings. The Kier molecular flexibility index (Phi) is 7.49. The maximum Gasteiger partial charge on any atom is 0.318 e. The predicted octanol–water partition coefficient (Wildman–Crippen LogP) is -0.367. The maximum atomic E-state index is 12.7. The third-order valence-electron chi connectivity index (χ3n) is 3.97. The molecule has 0 spiro atoms. The van der Waals surface area contributed by atoms with Crippen LogP contribution in [0.4, 0.5) is 5.69 Å². The Balaban J connectivity index is 2.24. The Labute approximate surface area is 167 Å². The number of halogens is 1. The van der Waals surface area contributed by atoms with Crippen LogP contribution in [0.25, 0.3) is 0 Å². The van der Waals surface area contributed by atoms with E-state index in [2.05, 4.69) is 5.32 Å². The van der Waals surface area contributed by atoms with E-state index in [1.54, 1.807) is 0 Å². The third-order valence-corrected chi connectivity index (χ3v) is 6.19. The fourth-order valence-corrected chi connectivity index (χ4v) is 4.13. The second-order valence-corrected chi connectivity index (χ2v) is 8.22. The first-order chi connectivity index (χ1) is 13.2. The Bertz CT molecular complexity index is 870. The van der Waals surface area contributed by atoms with Gasteiger partial charge in [0.25, 0.3) is 0 Å². The first kappa shape index (κ1) is 22.2. The van der Waals surface area contributed by atoms with E-state index in [9.17, 15) is 22.8 Å². The number of benzene rings is 1. The fraction of sp³-hybridized carbons (Fsp3) is 0.438. The lowest BCUT2D eigenvalue weighted by Crippen LogP contribution is -2.44. The number of rotatable bonds is 5. The van der Waals surface area contributed by atoms with Crippen molar-refractivity contribution >= 4 is 45.0 Å². The molecule has 2 rings (SSSR count). The molecule has 3 amide bonds. The van der Waals surface area contributed by atoms with E-state index in [-0.39, 0.29) is 55.0 Å². The molecule has 0 saturated carbocycles. The number of sulfonamides is 1. The number of carbonyl (C=O) groups is 3. The van der Waals surface area contributed by atoms with Crippen LogP contribution < -0.4 is 11.1 Å². The number of imide groups is 1. The van der Waals surface area contributed by atoms with Crippen LogP contribution in [0, 0.1) is 0 Å².